The van der Waals surface area contributed by atoms with Gasteiger partial charge in [0.2, 0.25) is 5.91 Å². The average Bonchev–Trinajstić information content (AvgIpc) is 3.08. The van der Waals surface area contributed by atoms with Crippen LogP contribution >= 0.6 is 23.2 Å². The smallest absolute Gasteiger partial charge is 0.238 e. The molecule has 1 N–H and O–H groups in total. The number of benzene rings is 2. The van der Waals surface area contributed by atoms with Gasteiger partial charge in [-0.1, -0.05) is 29.3 Å². The number of rotatable bonds is 4. The Hall–Kier alpha value is -1.95. The Morgan fingerprint density at radius 2 is 1.81 bits per heavy atom. The highest BCUT2D eigenvalue weighted by Gasteiger charge is 2.28. The molecule has 27 heavy (non-hydrogen) atoms. The second kappa shape index (κ2) is 7.97. The lowest BCUT2D eigenvalue weighted by atomic mass is 10.0. The fraction of sp³-hybridized carbons (Fsp3) is 0.350. The zero-order chi connectivity index (χ0) is 18.8. The molecule has 2 aliphatic heterocycles. The third-order valence-corrected chi connectivity index (χ3v) is 5.24. The number of carbonyl (C=O) groups is 1. The number of ether oxygens (including phenoxy) is 2. The van der Waals surface area contributed by atoms with Crippen molar-refractivity contribution in [2.45, 2.75) is 18.9 Å². The van der Waals surface area contributed by atoms with E-state index in [9.17, 15) is 4.79 Å². The van der Waals surface area contributed by atoms with E-state index in [2.05, 4.69) is 16.3 Å². The maximum absolute atomic E-state index is 12.5. The summed E-state index contributed by atoms with van der Waals surface area (Å²) in [5.41, 5.74) is 1.75. The highest BCUT2D eigenvalue weighted by Crippen LogP contribution is 2.38. The van der Waals surface area contributed by atoms with Crippen LogP contribution in [-0.4, -0.2) is 37.1 Å². The normalized spacial score (nSPS) is 19.1. The zero-order valence-electron chi connectivity index (χ0n) is 14.7. The first-order valence-corrected chi connectivity index (χ1v) is 9.73. The van der Waals surface area contributed by atoms with Gasteiger partial charge in [0.25, 0.3) is 0 Å². The first kappa shape index (κ1) is 18.4. The van der Waals surface area contributed by atoms with Gasteiger partial charge in [0.1, 0.15) is 13.2 Å². The molecular formula is C20H20Cl2N2O3. The van der Waals surface area contributed by atoms with E-state index >= 15 is 0 Å². The van der Waals surface area contributed by atoms with Crippen LogP contribution in [-0.2, 0) is 4.79 Å². The van der Waals surface area contributed by atoms with Gasteiger partial charge in [-0.3, -0.25) is 9.69 Å². The molecule has 4 rings (SSSR count). The number of anilines is 1. The van der Waals surface area contributed by atoms with Crippen LogP contribution in [0.2, 0.25) is 10.0 Å². The van der Waals surface area contributed by atoms with E-state index in [0.717, 1.165) is 36.4 Å². The minimum atomic E-state index is -0.0854. The molecule has 0 aromatic heterocycles. The number of carbonyl (C=O) groups excluding carboxylic acids is 1. The van der Waals surface area contributed by atoms with E-state index < -0.39 is 0 Å². The molecule has 2 aromatic carbocycles. The number of hydrogen-bond acceptors (Lipinski definition) is 4. The quantitative estimate of drug-likeness (QED) is 0.809. The summed E-state index contributed by atoms with van der Waals surface area (Å²) in [4.78, 5) is 14.7. The summed E-state index contributed by atoms with van der Waals surface area (Å²) < 4.78 is 11.3. The Balaban J connectivity index is 1.44. The number of amides is 1. The molecule has 142 valence electrons. The second-order valence-electron chi connectivity index (χ2n) is 6.74. The van der Waals surface area contributed by atoms with Gasteiger partial charge in [-0.15, -0.1) is 0 Å². The highest BCUT2D eigenvalue weighted by molar-refractivity contribution is 6.35. The molecule has 1 saturated heterocycles. The van der Waals surface area contributed by atoms with Crippen LogP contribution in [0.15, 0.2) is 36.4 Å². The van der Waals surface area contributed by atoms with Gasteiger partial charge in [-0.2, -0.15) is 0 Å². The third kappa shape index (κ3) is 4.32. The summed E-state index contributed by atoms with van der Waals surface area (Å²) in [6.45, 7) is 2.33. The van der Waals surface area contributed by atoms with Crippen molar-refractivity contribution < 1.29 is 14.3 Å². The molecule has 0 unspecified atom stereocenters. The Labute approximate surface area is 168 Å². The number of hydrogen-bond donors (Lipinski definition) is 1. The molecule has 1 atom stereocenters. The minimum Gasteiger partial charge on any atom is -0.486 e. The Morgan fingerprint density at radius 3 is 2.59 bits per heavy atom. The molecule has 0 saturated carbocycles. The van der Waals surface area contributed by atoms with E-state index in [1.54, 1.807) is 18.2 Å². The van der Waals surface area contributed by atoms with Gasteiger partial charge < -0.3 is 14.8 Å². The lowest BCUT2D eigenvalue weighted by molar-refractivity contribution is -0.117. The number of likely N-dealkylation sites (tertiary alicyclic amines) is 1. The van der Waals surface area contributed by atoms with Crippen LogP contribution < -0.4 is 14.8 Å². The molecule has 2 aromatic rings. The number of fused-ring (bicyclic) bond motifs is 1. The van der Waals surface area contributed by atoms with Gasteiger partial charge in [0.15, 0.2) is 11.5 Å². The van der Waals surface area contributed by atoms with Crippen molar-refractivity contribution in [2.24, 2.45) is 0 Å². The summed E-state index contributed by atoms with van der Waals surface area (Å²) in [5, 5.41) is 3.87. The standard InChI is InChI=1S/C20H20Cl2N2O3/c21-14-9-15(22)11-16(10-14)23-20(25)12-24-5-1-2-17(24)13-3-4-18-19(8-13)27-7-6-26-18/h3-4,8-11,17H,1-2,5-7,12H2,(H,23,25)/t17-/m0/s1. The average molecular weight is 407 g/mol. The summed E-state index contributed by atoms with van der Waals surface area (Å²) in [5.74, 6) is 1.48. The van der Waals surface area contributed by atoms with Crippen LogP contribution in [0, 0.1) is 0 Å². The first-order chi connectivity index (χ1) is 13.1. The van der Waals surface area contributed by atoms with Crippen LogP contribution in [0.25, 0.3) is 0 Å². The second-order valence-corrected chi connectivity index (χ2v) is 7.61. The van der Waals surface area contributed by atoms with Gasteiger partial charge in [0, 0.05) is 21.8 Å². The van der Waals surface area contributed by atoms with E-state index in [0.29, 0.717) is 35.5 Å². The molecule has 0 aliphatic carbocycles. The van der Waals surface area contributed by atoms with E-state index in [-0.39, 0.29) is 11.9 Å². The number of halogens is 2. The summed E-state index contributed by atoms with van der Waals surface area (Å²) in [6.07, 6.45) is 2.06. The maximum Gasteiger partial charge on any atom is 0.238 e. The molecule has 0 spiro atoms. The zero-order valence-corrected chi connectivity index (χ0v) is 16.2. The lowest BCUT2D eigenvalue weighted by Crippen LogP contribution is -2.33. The first-order valence-electron chi connectivity index (χ1n) is 8.98. The summed E-state index contributed by atoms with van der Waals surface area (Å²) in [7, 11) is 0. The number of nitrogens with one attached hydrogen (secondary N) is 1. The maximum atomic E-state index is 12.5. The van der Waals surface area contributed by atoms with Crippen molar-refractivity contribution in [1.29, 1.82) is 0 Å². The Bertz CT molecular complexity index is 839. The fourth-order valence-corrected chi connectivity index (χ4v) is 4.20. The molecule has 1 fully saturated rings. The van der Waals surface area contributed by atoms with Crippen LogP contribution in [0.3, 0.4) is 0 Å². The highest BCUT2D eigenvalue weighted by atomic mass is 35.5. The monoisotopic (exact) mass is 406 g/mol. The van der Waals surface area contributed by atoms with E-state index in [4.69, 9.17) is 32.7 Å². The van der Waals surface area contributed by atoms with Crippen LogP contribution in [0.4, 0.5) is 5.69 Å². The van der Waals surface area contributed by atoms with Gasteiger partial charge in [0.05, 0.1) is 6.54 Å². The van der Waals surface area contributed by atoms with Crippen molar-refractivity contribution in [2.75, 3.05) is 31.6 Å². The van der Waals surface area contributed by atoms with Crippen molar-refractivity contribution in [1.82, 2.24) is 4.90 Å². The summed E-state index contributed by atoms with van der Waals surface area (Å²) >= 11 is 12.0. The van der Waals surface area contributed by atoms with Crippen molar-refractivity contribution >= 4 is 34.8 Å². The largest absolute Gasteiger partial charge is 0.486 e. The summed E-state index contributed by atoms with van der Waals surface area (Å²) in [6, 6.07) is 11.2. The minimum absolute atomic E-state index is 0.0854. The van der Waals surface area contributed by atoms with Crippen LogP contribution in [0.1, 0.15) is 24.4 Å². The van der Waals surface area contributed by atoms with Crippen molar-refractivity contribution in [3.8, 4) is 11.5 Å². The van der Waals surface area contributed by atoms with Crippen molar-refractivity contribution in [3.05, 3.63) is 52.0 Å². The lowest BCUT2D eigenvalue weighted by Gasteiger charge is -2.26. The van der Waals surface area contributed by atoms with Gasteiger partial charge >= 0.3 is 0 Å². The Morgan fingerprint density at radius 1 is 1.07 bits per heavy atom. The topological polar surface area (TPSA) is 50.8 Å². The van der Waals surface area contributed by atoms with Gasteiger partial charge in [-0.25, -0.2) is 0 Å². The van der Waals surface area contributed by atoms with E-state index in [1.165, 1.54) is 0 Å². The molecule has 0 bridgehead atoms. The molecule has 2 aliphatic rings. The van der Waals surface area contributed by atoms with Crippen molar-refractivity contribution in [3.63, 3.8) is 0 Å². The van der Waals surface area contributed by atoms with Gasteiger partial charge in [-0.05, 0) is 55.3 Å². The fourth-order valence-electron chi connectivity index (χ4n) is 3.67. The molecule has 1 amide bonds. The molecule has 0 radical (unpaired) electrons. The molecule has 2 heterocycles. The number of nitrogens with zero attached hydrogens (tertiary/aromatic N) is 1. The molecular weight excluding hydrogens is 387 g/mol. The predicted molar refractivity (Wildman–Crippen MR) is 106 cm³/mol. The third-order valence-electron chi connectivity index (χ3n) is 4.81. The SMILES string of the molecule is O=C(CN1CCC[C@H]1c1ccc2c(c1)OCCO2)Nc1cc(Cl)cc(Cl)c1. The molecule has 5 nitrogen and oxygen atoms in total. The van der Waals surface area contributed by atoms with E-state index in [1.807, 2.05) is 12.1 Å². The Kier molecular flexibility index (Phi) is 5.43. The predicted octanol–water partition coefficient (Wildman–Crippen LogP) is 4.54. The van der Waals surface area contributed by atoms with Crippen LogP contribution in [0.5, 0.6) is 11.5 Å². The molecule has 7 heteroatoms.